The van der Waals surface area contributed by atoms with Crippen LogP contribution in [0.1, 0.15) is 132 Å². The van der Waals surface area contributed by atoms with Gasteiger partial charge in [0.2, 0.25) is 0 Å². The minimum atomic E-state index is -4.07. The molecule has 0 atom stereocenters. The van der Waals surface area contributed by atoms with Crippen LogP contribution in [0.15, 0.2) is 109 Å². The molecular weight excluding hydrogens is 920 g/mol. The van der Waals surface area contributed by atoms with Gasteiger partial charge in [-0.25, -0.2) is 0 Å². The first-order valence-corrected chi connectivity index (χ1v) is 27.1. The molecule has 7 heteroatoms. The van der Waals surface area contributed by atoms with Crippen LogP contribution in [0.5, 0.6) is 0 Å². The molecule has 0 amide bonds. The van der Waals surface area contributed by atoms with Crippen LogP contribution in [0.3, 0.4) is 0 Å². The van der Waals surface area contributed by atoms with Crippen molar-refractivity contribution in [2.24, 2.45) is 11.8 Å². The van der Waals surface area contributed by atoms with Crippen LogP contribution in [0.4, 0.5) is 13.2 Å². The summed E-state index contributed by atoms with van der Waals surface area (Å²) in [6.07, 6.45) is 19.4. The van der Waals surface area contributed by atoms with Crippen molar-refractivity contribution in [1.82, 2.24) is 0 Å². The van der Waals surface area contributed by atoms with E-state index >= 15 is 0 Å². The molecule has 0 aromatic heterocycles. The normalized spacial score (nSPS) is 14.4. The Bertz CT molecular complexity index is 1970. The van der Waals surface area contributed by atoms with Crippen molar-refractivity contribution >= 4 is 53.2 Å². The summed E-state index contributed by atoms with van der Waals surface area (Å²) < 4.78 is 32.2. The standard InChI is InChI=1S/2C26H31.C3H4F3.CH3.2ClH.Si.Zr/c2*1-2-8-20-13-15-23(16-14-20)25-12-7-11-24-18-22(19-26(24)25)17-21-9-5-3-4-6-10-21;1-2-3(4,5)6;;;;;/h2*7,11-16,18-19,21H,2-6,8-10,17H2,1H3;1-2H2;1H3;2*1H;;/q4*-1;;;;. The monoisotopic (exact) mass is 988 g/mol. The average molecular weight is 991 g/mol. The maximum absolute atomic E-state index is 10.7. The summed E-state index contributed by atoms with van der Waals surface area (Å²) in [4.78, 5) is 0. The van der Waals surface area contributed by atoms with Crippen LogP contribution in [0.2, 0.25) is 0 Å². The van der Waals surface area contributed by atoms with Crippen LogP contribution in [-0.2, 0) is 49.0 Å². The summed E-state index contributed by atoms with van der Waals surface area (Å²) in [5.41, 5.74) is 11.4. The molecule has 8 rings (SSSR count). The van der Waals surface area contributed by atoms with Crippen LogP contribution >= 0.6 is 24.8 Å². The van der Waals surface area contributed by atoms with Crippen molar-refractivity contribution in [3.63, 3.8) is 0 Å². The van der Waals surface area contributed by atoms with Gasteiger partial charge in [0.25, 0.3) is 0 Å². The van der Waals surface area contributed by atoms with Gasteiger partial charge in [-0.1, -0.05) is 182 Å². The molecule has 6 aromatic rings. The van der Waals surface area contributed by atoms with E-state index in [4.69, 9.17) is 0 Å². The van der Waals surface area contributed by atoms with Crippen LogP contribution < -0.4 is 0 Å². The second kappa shape index (κ2) is 30.0. The van der Waals surface area contributed by atoms with E-state index < -0.39 is 12.6 Å². The number of aryl methyl sites for hydroxylation is 2. The maximum atomic E-state index is 10.7. The summed E-state index contributed by atoms with van der Waals surface area (Å²) in [6, 6.07) is 41.8. The van der Waals surface area contributed by atoms with Crippen molar-refractivity contribution in [2.45, 2.75) is 142 Å². The van der Waals surface area contributed by atoms with Gasteiger partial charge in [-0.05, 0) is 59.8 Å². The second-order valence-electron chi connectivity index (χ2n) is 17.2. The van der Waals surface area contributed by atoms with Crippen molar-refractivity contribution in [3.8, 4) is 22.3 Å². The van der Waals surface area contributed by atoms with E-state index in [1.807, 2.05) is 0 Å². The Kier molecular flexibility index (Phi) is 27.0. The Morgan fingerprint density at radius 1 is 0.571 bits per heavy atom. The van der Waals surface area contributed by atoms with Gasteiger partial charge < -0.3 is 14.4 Å². The molecule has 0 N–H and O–H groups in total. The SMILES string of the molecule is CCCc1ccc(-c2cccc3[cH-]c(CC4CCCCCC4)cc23)cc1.CCCc1ccc(-c2cccc3[cH-]c(CC4CCCCCC4)cc23)cc1.Cl.Cl.[CH2-]CC(F)(F)F.[CH3-].[Si]=[Zr]. The summed E-state index contributed by atoms with van der Waals surface area (Å²) in [7, 11) is 0. The molecule has 6 aromatic carbocycles. The third kappa shape index (κ3) is 18.1. The predicted molar refractivity (Wildman–Crippen MR) is 270 cm³/mol. The summed E-state index contributed by atoms with van der Waals surface area (Å²) in [6.45, 7) is 10.2. The first-order chi connectivity index (χ1) is 29.2. The number of hydrogen-bond acceptors (Lipinski definition) is 0. The van der Waals surface area contributed by atoms with Gasteiger partial charge in [-0.3, -0.25) is 0 Å². The summed E-state index contributed by atoms with van der Waals surface area (Å²) in [5.74, 6) is 1.79. The molecule has 2 aliphatic rings. The van der Waals surface area contributed by atoms with Crippen molar-refractivity contribution < 1.29 is 36.5 Å². The Labute approximate surface area is 408 Å². The number of hydrogen-bond donors (Lipinski definition) is 0. The number of benzene rings is 4. The van der Waals surface area contributed by atoms with Gasteiger partial charge >= 0.3 is 36.4 Å². The van der Waals surface area contributed by atoms with Gasteiger partial charge in [0.1, 0.15) is 0 Å². The number of rotatable bonds is 10. The topological polar surface area (TPSA) is 0 Å². The molecule has 2 aliphatic carbocycles. The fraction of sp³-hybridized carbons (Fsp3) is 0.429. The summed E-state index contributed by atoms with van der Waals surface area (Å²) in [5, 5.41) is 5.67. The average Bonchev–Trinajstić information content (AvgIpc) is 3.65. The zero-order chi connectivity index (χ0) is 42.7. The van der Waals surface area contributed by atoms with Gasteiger partial charge in [0, 0.05) is 0 Å². The van der Waals surface area contributed by atoms with E-state index in [9.17, 15) is 13.2 Å². The van der Waals surface area contributed by atoms with E-state index in [0.717, 1.165) is 11.8 Å². The first kappa shape index (κ1) is 56.7. The van der Waals surface area contributed by atoms with Crippen LogP contribution in [0.25, 0.3) is 43.8 Å². The molecule has 63 heavy (non-hydrogen) atoms. The van der Waals surface area contributed by atoms with E-state index in [2.05, 4.69) is 137 Å². The number of fused-ring (bicyclic) bond motifs is 2. The Balaban J connectivity index is 0.000000357. The predicted octanol–water partition coefficient (Wildman–Crippen LogP) is 18.1. The minimum absolute atomic E-state index is 0. The Morgan fingerprint density at radius 3 is 1.21 bits per heavy atom. The third-order valence-corrected chi connectivity index (χ3v) is 12.5. The van der Waals surface area contributed by atoms with Crippen molar-refractivity contribution in [2.75, 3.05) is 0 Å². The molecule has 0 aliphatic heterocycles. The molecule has 0 unspecified atom stereocenters. The zero-order valence-corrected chi connectivity index (χ0v) is 43.2. The van der Waals surface area contributed by atoms with Gasteiger partial charge in [-0.2, -0.15) is 25.3 Å². The molecule has 0 heterocycles. The Hall–Kier alpha value is -2.43. The van der Waals surface area contributed by atoms with Gasteiger partial charge in [-0.15, -0.1) is 93.9 Å². The van der Waals surface area contributed by atoms with Crippen LogP contribution in [0, 0.1) is 26.2 Å². The molecule has 0 spiro atoms. The van der Waals surface area contributed by atoms with Crippen LogP contribution in [-0.4, -0.2) is 13.1 Å². The molecule has 2 fully saturated rings. The van der Waals surface area contributed by atoms with E-state index in [-0.39, 0.29) is 32.2 Å². The first-order valence-electron chi connectivity index (χ1n) is 22.9. The van der Waals surface area contributed by atoms with Crippen molar-refractivity contribution in [3.05, 3.63) is 146 Å². The molecule has 342 valence electrons. The van der Waals surface area contributed by atoms with Crippen molar-refractivity contribution in [1.29, 1.82) is 0 Å². The molecule has 2 radical (unpaired) electrons. The number of halogens is 5. The quantitative estimate of drug-likeness (QED) is 0.0729. The fourth-order valence-electron chi connectivity index (χ4n) is 9.41. The molecule has 2 saturated carbocycles. The second-order valence-corrected chi connectivity index (χ2v) is 17.2. The molecule has 0 saturated heterocycles. The summed E-state index contributed by atoms with van der Waals surface area (Å²) >= 11 is 1.36. The van der Waals surface area contributed by atoms with Gasteiger partial charge in [0.15, 0.2) is 0 Å². The molecular formula is C56H71Cl2F3SiZr-4. The molecule has 0 bridgehead atoms. The Morgan fingerprint density at radius 2 is 0.905 bits per heavy atom. The van der Waals surface area contributed by atoms with Gasteiger partial charge in [0.05, 0.1) is 0 Å². The number of alkyl halides is 3. The fourth-order valence-corrected chi connectivity index (χ4v) is 9.41. The van der Waals surface area contributed by atoms with E-state index in [1.54, 1.807) is 11.1 Å². The zero-order valence-electron chi connectivity index (χ0n) is 38.1. The van der Waals surface area contributed by atoms with E-state index in [1.165, 1.54) is 194 Å². The third-order valence-electron chi connectivity index (χ3n) is 12.5. The molecule has 0 nitrogen and oxygen atoms in total. The van der Waals surface area contributed by atoms with E-state index in [0.29, 0.717) is 0 Å².